The number of rotatable bonds is 18. The van der Waals surface area contributed by atoms with E-state index in [1.807, 2.05) is 60.7 Å². The number of hydrogen-bond donors (Lipinski definition) is 2. The third-order valence-corrected chi connectivity index (χ3v) is 7.17. The number of esters is 1. The van der Waals surface area contributed by atoms with E-state index >= 15 is 0 Å². The van der Waals surface area contributed by atoms with E-state index in [9.17, 15) is 19.5 Å². The molecule has 1 aromatic heterocycles. The van der Waals surface area contributed by atoms with Gasteiger partial charge < -0.3 is 34.7 Å². The van der Waals surface area contributed by atoms with Crippen molar-refractivity contribution >= 4 is 24.1 Å². The predicted octanol–water partition coefficient (Wildman–Crippen LogP) is 3.21. The summed E-state index contributed by atoms with van der Waals surface area (Å²) in [4.78, 5) is 41.9. The highest BCUT2D eigenvalue weighted by atomic mass is 16.6. The van der Waals surface area contributed by atoms with Gasteiger partial charge in [-0.15, -0.1) is 5.10 Å². The number of alkyl carbamates (subject to hydrolysis) is 1. The Kier molecular flexibility index (Phi) is 15.1. The number of unbranched alkanes of at least 4 members (excludes halogenated alkanes) is 1. The van der Waals surface area contributed by atoms with Crippen LogP contribution in [0.5, 0.6) is 0 Å². The van der Waals surface area contributed by atoms with Gasteiger partial charge in [-0.1, -0.05) is 81.4 Å². The largest absolute Gasteiger partial charge is 0.595 e. The number of benzene rings is 2. The smallest absolute Gasteiger partial charge is 0.407 e. The van der Waals surface area contributed by atoms with Crippen molar-refractivity contribution in [3.05, 3.63) is 77.6 Å². The molecule has 2 N–H and O–H groups in total. The van der Waals surface area contributed by atoms with Crippen LogP contribution in [0, 0.1) is 0 Å². The second-order valence-corrected chi connectivity index (χ2v) is 13.0. The van der Waals surface area contributed by atoms with E-state index in [4.69, 9.17) is 18.9 Å². The predicted molar refractivity (Wildman–Crippen MR) is 182 cm³/mol. The maximum absolute atomic E-state index is 13.4. The lowest BCUT2D eigenvalue weighted by Gasteiger charge is -2.32. The molecule has 3 aromatic rings. The van der Waals surface area contributed by atoms with E-state index < -0.39 is 35.3 Å². The fraction of sp³-hybridized carbons (Fsp3) is 0.514. The molecule has 272 valence electrons. The van der Waals surface area contributed by atoms with E-state index in [0.29, 0.717) is 19.4 Å². The number of carbonyl (C=O) groups is 3. The van der Waals surface area contributed by atoms with Gasteiger partial charge in [0.05, 0.1) is 32.3 Å². The molecule has 0 spiro atoms. The number of aliphatic imine (C=N–C) groups is 1. The zero-order valence-electron chi connectivity index (χ0n) is 29.6. The van der Waals surface area contributed by atoms with Gasteiger partial charge in [-0.05, 0) is 55.2 Å². The van der Waals surface area contributed by atoms with Crippen LogP contribution in [0.4, 0.5) is 4.79 Å². The first kappa shape index (κ1) is 39.4. The van der Waals surface area contributed by atoms with Crippen LogP contribution >= 0.6 is 0 Å². The maximum Gasteiger partial charge on any atom is 0.407 e. The van der Waals surface area contributed by atoms with Crippen LogP contribution in [-0.2, 0) is 41.7 Å². The number of aromatic nitrogens is 4. The van der Waals surface area contributed by atoms with E-state index in [1.165, 1.54) is 18.5 Å². The minimum absolute atomic E-state index is 0.00858. The molecular formula is C35H48N7O8-. The topological polar surface area (TPSA) is 191 Å². The molecule has 50 heavy (non-hydrogen) atoms. The summed E-state index contributed by atoms with van der Waals surface area (Å²) in [6.07, 6.45) is -0.342. The SMILES string of the molecule is CC(C(=O)OCCCCNC(=O)OCCn1nnnc1[C@@H](COCc1ccccc1)NC(=O)C(C)(C)N=C([O-])OC(C)(C)C)c1ccccc1. The number of nitrogens with zero attached hydrogens (tertiary/aromatic N) is 5. The zero-order valence-corrected chi connectivity index (χ0v) is 29.6. The summed E-state index contributed by atoms with van der Waals surface area (Å²) in [5, 5.41) is 29.7. The van der Waals surface area contributed by atoms with Crippen LogP contribution in [0.3, 0.4) is 0 Å². The van der Waals surface area contributed by atoms with Gasteiger partial charge in [0, 0.05) is 12.1 Å². The first-order valence-corrected chi connectivity index (χ1v) is 16.5. The van der Waals surface area contributed by atoms with Crippen molar-refractivity contribution in [2.24, 2.45) is 4.99 Å². The van der Waals surface area contributed by atoms with E-state index in [0.717, 1.165) is 11.1 Å². The van der Waals surface area contributed by atoms with Crippen LogP contribution in [-0.4, -0.2) is 81.8 Å². The minimum atomic E-state index is -1.48. The van der Waals surface area contributed by atoms with Gasteiger partial charge in [-0.25, -0.2) is 9.48 Å². The monoisotopic (exact) mass is 694 g/mol. The highest BCUT2D eigenvalue weighted by Gasteiger charge is 2.32. The van der Waals surface area contributed by atoms with Gasteiger partial charge in [0.1, 0.15) is 24.3 Å². The summed E-state index contributed by atoms with van der Waals surface area (Å²) in [7, 11) is 0. The second kappa shape index (κ2) is 19.2. The van der Waals surface area contributed by atoms with Crippen LogP contribution in [0.25, 0.3) is 0 Å². The van der Waals surface area contributed by atoms with Crippen LogP contribution in [0.15, 0.2) is 65.7 Å². The second-order valence-electron chi connectivity index (χ2n) is 13.0. The summed E-state index contributed by atoms with van der Waals surface area (Å²) in [6, 6.07) is 18.1. The first-order chi connectivity index (χ1) is 23.7. The molecule has 0 saturated heterocycles. The average molecular weight is 695 g/mol. The maximum atomic E-state index is 13.4. The molecule has 2 amide bonds. The summed E-state index contributed by atoms with van der Waals surface area (Å²) in [5.74, 6) is -0.985. The van der Waals surface area contributed by atoms with Gasteiger partial charge >= 0.3 is 12.1 Å². The van der Waals surface area contributed by atoms with Crippen LogP contribution in [0.2, 0.25) is 0 Å². The Morgan fingerprint density at radius 2 is 1.62 bits per heavy atom. The van der Waals surface area contributed by atoms with Crippen molar-refractivity contribution in [2.45, 2.75) is 90.6 Å². The van der Waals surface area contributed by atoms with E-state index in [1.54, 1.807) is 27.7 Å². The van der Waals surface area contributed by atoms with Crippen molar-refractivity contribution in [3.8, 4) is 0 Å². The Labute approximate surface area is 292 Å². The number of amides is 2. The molecule has 2 atom stereocenters. The third-order valence-electron chi connectivity index (χ3n) is 7.17. The fourth-order valence-electron chi connectivity index (χ4n) is 4.44. The summed E-state index contributed by atoms with van der Waals surface area (Å²) < 4.78 is 23.2. The quantitative estimate of drug-likeness (QED) is 0.0860. The zero-order chi connectivity index (χ0) is 36.6. The summed E-state index contributed by atoms with van der Waals surface area (Å²) in [6.45, 7) is 10.7. The standard InChI is InChI=1S/C35H49N7O8/c1-25(27-17-11-8-12-18-27)30(43)48-21-14-13-19-36-32(45)49-22-20-42-29(39-40-41-42)28(24-47-23-26-15-9-7-10-16-26)37-31(44)35(5,6)38-33(46)50-34(2,3)4/h7-12,15-18,25,28H,13-14,19-24H2,1-6H3,(H,36,45)(H,37,44)(H,38,46)/p-1/t25?,28-/m1/s1. The molecule has 1 heterocycles. The van der Waals surface area contributed by atoms with Crippen molar-refractivity contribution < 1.29 is 38.4 Å². The van der Waals surface area contributed by atoms with Crippen molar-refractivity contribution in [1.29, 1.82) is 0 Å². The number of ether oxygens (including phenoxy) is 4. The van der Waals surface area contributed by atoms with Gasteiger partial charge in [0.25, 0.3) is 0 Å². The van der Waals surface area contributed by atoms with E-state index in [2.05, 4.69) is 31.2 Å². The highest BCUT2D eigenvalue weighted by Crippen LogP contribution is 2.18. The van der Waals surface area contributed by atoms with Crippen LogP contribution in [0.1, 0.15) is 83.3 Å². The molecule has 0 bridgehead atoms. The lowest BCUT2D eigenvalue weighted by atomic mass is 10.0. The average Bonchev–Trinajstić information content (AvgIpc) is 3.53. The van der Waals surface area contributed by atoms with Crippen molar-refractivity contribution in [2.75, 3.05) is 26.4 Å². The number of tetrazole rings is 1. The van der Waals surface area contributed by atoms with Gasteiger partial charge in [-0.3, -0.25) is 14.6 Å². The molecule has 3 rings (SSSR count). The molecule has 15 heteroatoms. The van der Waals surface area contributed by atoms with Crippen LogP contribution < -0.4 is 15.7 Å². The van der Waals surface area contributed by atoms with Crippen molar-refractivity contribution in [3.63, 3.8) is 0 Å². The number of hydrogen-bond acceptors (Lipinski definition) is 12. The molecule has 1 unspecified atom stereocenters. The Hall–Kier alpha value is -5.05. The summed E-state index contributed by atoms with van der Waals surface area (Å²) in [5.41, 5.74) is -0.444. The number of carbonyl (C=O) groups excluding carboxylic acids is 3. The van der Waals surface area contributed by atoms with Gasteiger partial charge in [0.2, 0.25) is 5.91 Å². The molecule has 0 radical (unpaired) electrons. The van der Waals surface area contributed by atoms with E-state index in [-0.39, 0.29) is 50.7 Å². The van der Waals surface area contributed by atoms with Gasteiger partial charge in [0.15, 0.2) is 5.82 Å². The number of nitrogens with one attached hydrogen (secondary N) is 2. The molecule has 0 saturated carbocycles. The Morgan fingerprint density at radius 3 is 2.30 bits per heavy atom. The first-order valence-electron chi connectivity index (χ1n) is 16.5. The lowest BCUT2D eigenvalue weighted by Crippen LogP contribution is -2.46. The Morgan fingerprint density at radius 1 is 0.940 bits per heavy atom. The van der Waals surface area contributed by atoms with Crippen molar-refractivity contribution in [1.82, 2.24) is 30.8 Å². The molecule has 0 aliphatic heterocycles. The molecular weight excluding hydrogens is 646 g/mol. The molecule has 15 nitrogen and oxygen atoms in total. The Bertz CT molecular complexity index is 1520. The fourth-order valence-corrected chi connectivity index (χ4v) is 4.44. The highest BCUT2D eigenvalue weighted by molar-refractivity contribution is 5.87. The lowest BCUT2D eigenvalue weighted by molar-refractivity contribution is -0.261. The normalized spacial score (nSPS) is 13.2. The Balaban J connectivity index is 1.50. The molecule has 0 aliphatic rings. The molecule has 0 aliphatic carbocycles. The summed E-state index contributed by atoms with van der Waals surface area (Å²) >= 11 is 0. The minimum Gasteiger partial charge on any atom is -0.595 e. The molecule has 0 fully saturated rings. The third kappa shape index (κ3) is 13.8. The molecule has 2 aromatic carbocycles. The van der Waals surface area contributed by atoms with Gasteiger partial charge in [-0.2, -0.15) is 0 Å².